The number of ether oxygens (including phenoxy) is 1. The Morgan fingerprint density at radius 3 is 2.79 bits per heavy atom. The Bertz CT molecular complexity index is 641. The van der Waals surface area contributed by atoms with Gasteiger partial charge in [0.2, 0.25) is 0 Å². The number of nitrogens with two attached hydrogens (primary N) is 1. The topological polar surface area (TPSA) is 57.2 Å². The lowest BCUT2D eigenvalue weighted by atomic mass is 10.3. The van der Waals surface area contributed by atoms with Crippen molar-refractivity contribution in [3.8, 4) is 5.75 Å². The van der Waals surface area contributed by atoms with Crippen molar-refractivity contribution in [1.29, 1.82) is 0 Å². The lowest BCUT2D eigenvalue weighted by Crippen LogP contribution is -2.22. The molecule has 2 N–H and O–H groups in total. The highest BCUT2D eigenvalue weighted by Crippen LogP contribution is 2.15. The number of benzene rings is 1. The summed E-state index contributed by atoms with van der Waals surface area (Å²) in [5, 5.41) is 0.505. The number of halogens is 2. The van der Waals surface area contributed by atoms with E-state index < -0.39 is 0 Å². The number of pyridine rings is 1. The SMILES string of the molecule is Nc1cccc(OCCn2cc(Cl)cc(Cl)c2=O)c1. The van der Waals surface area contributed by atoms with E-state index in [4.69, 9.17) is 33.7 Å². The third-order valence-electron chi connectivity index (χ3n) is 2.47. The second-order valence-corrected chi connectivity index (χ2v) is 4.77. The molecule has 1 aromatic heterocycles. The van der Waals surface area contributed by atoms with Gasteiger partial charge in [0.1, 0.15) is 17.4 Å². The molecule has 0 aliphatic rings. The van der Waals surface area contributed by atoms with Gasteiger partial charge in [-0.2, -0.15) is 0 Å². The maximum absolute atomic E-state index is 11.7. The van der Waals surface area contributed by atoms with E-state index in [0.717, 1.165) is 0 Å². The second-order valence-electron chi connectivity index (χ2n) is 3.93. The highest BCUT2D eigenvalue weighted by atomic mass is 35.5. The van der Waals surface area contributed by atoms with Gasteiger partial charge in [-0.1, -0.05) is 29.3 Å². The zero-order valence-corrected chi connectivity index (χ0v) is 11.5. The quantitative estimate of drug-likeness (QED) is 0.883. The van der Waals surface area contributed by atoms with Crippen LogP contribution in [0.4, 0.5) is 5.69 Å². The van der Waals surface area contributed by atoms with Crippen molar-refractivity contribution in [2.45, 2.75) is 6.54 Å². The molecule has 0 fully saturated rings. The van der Waals surface area contributed by atoms with Gasteiger partial charge in [0.15, 0.2) is 0 Å². The molecule has 0 spiro atoms. The fraction of sp³-hybridized carbons (Fsp3) is 0.154. The second kappa shape index (κ2) is 5.99. The van der Waals surface area contributed by atoms with Crippen LogP contribution >= 0.6 is 23.2 Å². The Hall–Kier alpha value is -1.65. The lowest BCUT2D eigenvalue weighted by Gasteiger charge is -2.09. The normalized spacial score (nSPS) is 10.4. The zero-order valence-electron chi connectivity index (χ0n) is 9.98. The Labute approximate surface area is 120 Å². The summed E-state index contributed by atoms with van der Waals surface area (Å²) in [7, 11) is 0. The van der Waals surface area contributed by atoms with Crippen LogP contribution in [0.5, 0.6) is 5.75 Å². The first-order valence-corrected chi connectivity index (χ1v) is 6.35. The number of rotatable bonds is 4. The number of nitrogens with zero attached hydrogens (tertiary/aromatic N) is 1. The van der Waals surface area contributed by atoms with Crippen LogP contribution < -0.4 is 16.0 Å². The van der Waals surface area contributed by atoms with Crippen molar-refractivity contribution in [3.63, 3.8) is 0 Å². The molecule has 4 nitrogen and oxygen atoms in total. The molecule has 0 radical (unpaired) electrons. The van der Waals surface area contributed by atoms with Crippen LogP contribution in [0.15, 0.2) is 41.3 Å². The average Bonchev–Trinajstić information content (AvgIpc) is 2.35. The Kier molecular flexibility index (Phi) is 4.35. The van der Waals surface area contributed by atoms with Gasteiger partial charge in [0.25, 0.3) is 5.56 Å². The molecule has 0 unspecified atom stereocenters. The molecule has 1 heterocycles. The standard InChI is InChI=1S/C13H12Cl2N2O2/c14-9-6-12(15)13(18)17(8-9)4-5-19-11-3-1-2-10(16)7-11/h1-3,6-8H,4-5,16H2. The fourth-order valence-electron chi connectivity index (χ4n) is 1.60. The summed E-state index contributed by atoms with van der Waals surface area (Å²) in [5.74, 6) is 0.654. The van der Waals surface area contributed by atoms with Crippen molar-refractivity contribution in [3.05, 3.63) is 56.9 Å². The van der Waals surface area contributed by atoms with Gasteiger partial charge in [-0.3, -0.25) is 4.79 Å². The summed E-state index contributed by atoms with van der Waals surface area (Å²) >= 11 is 11.6. The lowest BCUT2D eigenvalue weighted by molar-refractivity contribution is 0.296. The Morgan fingerprint density at radius 1 is 1.26 bits per heavy atom. The van der Waals surface area contributed by atoms with Crippen LogP contribution in [-0.2, 0) is 6.54 Å². The molecule has 0 aliphatic carbocycles. The summed E-state index contributed by atoms with van der Waals surface area (Å²) in [6.45, 7) is 0.675. The van der Waals surface area contributed by atoms with Crippen LogP contribution in [0.1, 0.15) is 0 Å². The summed E-state index contributed by atoms with van der Waals surface area (Å²) < 4.78 is 6.91. The van der Waals surface area contributed by atoms with Gasteiger partial charge < -0.3 is 15.0 Å². The van der Waals surface area contributed by atoms with Gasteiger partial charge in [0.05, 0.1) is 11.6 Å². The van der Waals surface area contributed by atoms with Crippen LogP contribution in [0, 0.1) is 0 Å². The number of nitrogen functional groups attached to an aromatic ring is 1. The minimum absolute atomic E-state index is 0.0939. The minimum atomic E-state index is -0.290. The van der Waals surface area contributed by atoms with E-state index >= 15 is 0 Å². The maximum atomic E-state index is 11.7. The van der Waals surface area contributed by atoms with Crippen LogP contribution in [0.25, 0.3) is 0 Å². The predicted octanol–water partition coefficient (Wildman–Crippen LogP) is 2.82. The molecule has 100 valence electrons. The molecule has 0 saturated carbocycles. The number of hydrogen-bond donors (Lipinski definition) is 1. The first-order chi connectivity index (χ1) is 9.06. The van der Waals surface area contributed by atoms with E-state index in [1.54, 1.807) is 24.3 Å². The van der Waals surface area contributed by atoms with Crippen molar-refractivity contribution < 1.29 is 4.74 Å². The Balaban J connectivity index is 2.02. The molecule has 6 heteroatoms. The van der Waals surface area contributed by atoms with Gasteiger partial charge in [-0.25, -0.2) is 0 Å². The molecule has 0 amide bonds. The molecule has 0 aliphatic heterocycles. The molecule has 1 aromatic carbocycles. The highest BCUT2D eigenvalue weighted by molar-refractivity contribution is 6.34. The zero-order chi connectivity index (χ0) is 13.8. The van der Waals surface area contributed by atoms with E-state index in [9.17, 15) is 4.79 Å². The van der Waals surface area contributed by atoms with Gasteiger partial charge in [-0.05, 0) is 18.2 Å². The monoisotopic (exact) mass is 298 g/mol. The predicted molar refractivity (Wildman–Crippen MR) is 77.1 cm³/mol. The third-order valence-corrected chi connectivity index (χ3v) is 2.95. The number of hydrogen-bond acceptors (Lipinski definition) is 3. The van der Waals surface area contributed by atoms with Gasteiger partial charge in [-0.15, -0.1) is 0 Å². The molecule has 2 rings (SSSR count). The van der Waals surface area contributed by atoms with Gasteiger partial charge in [0, 0.05) is 18.0 Å². The third kappa shape index (κ3) is 3.66. The first-order valence-electron chi connectivity index (χ1n) is 5.60. The van der Waals surface area contributed by atoms with E-state index in [2.05, 4.69) is 0 Å². The largest absolute Gasteiger partial charge is 0.492 e. The molecule has 0 saturated heterocycles. The van der Waals surface area contributed by atoms with E-state index in [-0.39, 0.29) is 10.6 Å². The number of anilines is 1. The molecule has 0 atom stereocenters. The molecule has 19 heavy (non-hydrogen) atoms. The Morgan fingerprint density at radius 2 is 2.05 bits per heavy atom. The summed E-state index contributed by atoms with van der Waals surface area (Å²) in [6.07, 6.45) is 1.53. The summed E-state index contributed by atoms with van der Waals surface area (Å²) in [5.41, 5.74) is 5.97. The van der Waals surface area contributed by atoms with Crippen molar-refractivity contribution in [2.75, 3.05) is 12.3 Å². The maximum Gasteiger partial charge on any atom is 0.269 e. The van der Waals surface area contributed by atoms with Crippen molar-refractivity contribution in [2.24, 2.45) is 0 Å². The van der Waals surface area contributed by atoms with Crippen LogP contribution in [-0.4, -0.2) is 11.2 Å². The highest BCUT2D eigenvalue weighted by Gasteiger charge is 2.04. The van der Waals surface area contributed by atoms with Crippen molar-refractivity contribution in [1.82, 2.24) is 4.57 Å². The van der Waals surface area contributed by atoms with E-state index in [1.165, 1.54) is 16.8 Å². The molecule has 2 aromatic rings. The summed E-state index contributed by atoms with van der Waals surface area (Å²) in [4.78, 5) is 11.7. The molecule has 0 bridgehead atoms. The molecular weight excluding hydrogens is 287 g/mol. The smallest absolute Gasteiger partial charge is 0.269 e. The van der Waals surface area contributed by atoms with Crippen LogP contribution in [0.2, 0.25) is 10.0 Å². The van der Waals surface area contributed by atoms with E-state index in [0.29, 0.717) is 29.6 Å². The minimum Gasteiger partial charge on any atom is -0.492 e. The molecular formula is C13H12Cl2N2O2. The van der Waals surface area contributed by atoms with E-state index in [1.807, 2.05) is 0 Å². The van der Waals surface area contributed by atoms with Crippen molar-refractivity contribution >= 4 is 28.9 Å². The fourth-order valence-corrected chi connectivity index (χ4v) is 2.11. The van der Waals surface area contributed by atoms with Crippen LogP contribution in [0.3, 0.4) is 0 Å². The number of aromatic nitrogens is 1. The first kappa shape index (κ1) is 13.8. The average molecular weight is 299 g/mol. The summed E-state index contributed by atoms with van der Waals surface area (Å²) in [6, 6.07) is 8.50. The van der Waals surface area contributed by atoms with Gasteiger partial charge >= 0.3 is 0 Å².